The van der Waals surface area contributed by atoms with E-state index < -0.39 is 34.4 Å². The molecule has 0 amide bonds. The highest BCUT2D eigenvalue weighted by Crippen LogP contribution is 2.18. The maximum atomic E-state index is 14.4. The Morgan fingerprint density at radius 1 is 0.500 bits per heavy atom. The molecule has 0 bridgehead atoms. The van der Waals surface area contributed by atoms with E-state index in [-0.39, 0.29) is 5.56 Å². The van der Waals surface area contributed by atoms with Gasteiger partial charge in [0, 0.05) is 11.1 Å². The molecule has 0 radical (unpaired) electrons. The SMILES string of the molecule is Cc1cc(F)c(C#Cc2c(F)cc(C#Cc3cc(C)c(C)cc3C)cc2F)c(F)c1. The van der Waals surface area contributed by atoms with Crippen LogP contribution in [-0.4, -0.2) is 0 Å². The van der Waals surface area contributed by atoms with Gasteiger partial charge in [-0.25, -0.2) is 17.6 Å². The topological polar surface area (TPSA) is 0 Å². The van der Waals surface area contributed by atoms with Crippen LogP contribution in [0, 0.1) is 74.6 Å². The largest absolute Gasteiger partial charge is 0.206 e. The van der Waals surface area contributed by atoms with Crippen LogP contribution in [0.25, 0.3) is 0 Å². The Morgan fingerprint density at radius 2 is 0.967 bits per heavy atom. The zero-order valence-electron chi connectivity index (χ0n) is 17.0. The van der Waals surface area contributed by atoms with Crippen molar-refractivity contribution in [3.8, 4) is 23.7 Å². The Labute approximate surface area is 173 Å². The molecule has 0 unspecified atom stereocenters. The molecular formula is C26H18F4. The first-order chi connectivity index (χ1) is 14.2. The standard InChI is InChI=1S/C26H18F4/c1-15-9-23(27)21(24(28)10-15)7-8-22-25(29)13-19(14-26(22)30)5-6-20-12-17(3)16(2)11-18(20)4/h9-14H,1-4H3. The van der Waals surface area contributed by atoms with Gasteiger partial charge in [-0.1, -0.05) is 29.7 Å². The van der Waals surface area contributed by atoms with E-state index in [1.165, 1.54) is 6.92 Å². The molecule has 0 heterocycles. The number of rotatable bonds is 0. The summed E-state index contributed by atoms with van der Waals surface area (Å²) in [5.41, 5.74) is 3.37. The van der Waals surface area contributed by atoms with Crippen molar-refractivity contribution in [3.05, 3.63) is 104 Å². The van der Waals surface area contributed by atoms with Gasteiger partial charge in [0.1, 0.15) is 23.3 Å². The molecule has 4 heteroatoms. The molecule has 0 saturated heterocycles. The summed E-state index contributed by atoms with van der Waals surface area (Å²) in [6.45, 7) is 7.41. The van der Waals surface area contributed by atoms with Gasteiger partial charge in [-0.05, 0) is 80.3 Å². The molecule has 3 aromatic carbocycles. The monoisotopic (exact) mass is 406 g/mol. The first-order valence-electron chi connectivity index (χ1n) is 9.22. The molecule has 0 nitrogen and oxygen atoms in total. The van der Waals surface area contributed by atoms with Gasteiger partial charge in [-0.2, -0.15) is 0 Å². The lowest BCUT2D eigenvalue weighted by atomic mass is 10.0. The maximum absolute atomic E-state index is 14.4. The van der Waals surface area contributed by atoms with E-state index in [0.29, 0.717) is 5.56 Å². The van der Waals surface area contributed by atoms with Crippen LogP contribution in [0.15, 0.2) is 36.4 Å². The third-order valence-electron chi connectivity index (χ3n) is 4.72. The average Bonchev–Trinajstić information content (AvgIpc) is 2.64. The number of halogens is 4. The summed E-state index contributed by atoms with van der Waals surface area (Å²) < 4.78 is 56.6. The molecule has 0 aromatic heterocycles. The predicted octanol–water partition coefficient (Wildman–Crippen LogP) is 6.28. The predicted molar refractivity (Wildman–Crippen MR) is 110 cm³/mol. The molecule has 150 valence electrons. The van der Waals surface area contributed by atoms with E-state index >= 15 is 0 Å². The highest BCUT2D eigenvalue weighted by molar-refractivity contribution is 5.52. The molecule has 0 N–H and O–H groups in total. The zero-order chi connectivity index (χ0) is 22.0. The minimum Gasteiger partial charge on any atom is -0.206 e. The van der Waals surface area contributed by atoms with E-state index in [4.69, 9.17) is 0 Å². The van der Waals surface area contributed by atoms with Crippen LogP contribution in [0.1, 0.15) is 44.5 Å². The smallest absolute Gasteiger partial charge is 0.143 e. The third-order valence-corrected chi connectivity index (χ3v) is 4.72. The van der Waals surface area contributed by atoms with Crippen molar-refractivity contribution >= 4 is 0 Å². The highest BCUT2D eigenvalue weighted by Gasteiger charge is 2.11. The fourth-order valence-corrected chi connectivity index (χ4v) is 2.94. The second-order valence-electron chi connectivity index (χ2n) is 7.17. The van der Waals surface area contributed by atoms with Crippen LogP contribution in [0.4, 0.5) is 17.6 Å². The van der Waals surface area contributed by atoms with E-state index in [9.17, 15) is 17.6 Å². The molecule has 0 aliphatic rings. The van der Waals surface area contributed by atoms with Crippen LogP contribution in [0.5, 0.6) is 0 Å². The number of aryl methyl sites for hydroxylation is 4. The molecule has 3 rings (SSSR count). The molecule has 0 spiro atoms. The Kier molecular flexibility index (Phi) is 5.99. The summed E-state index contributed by atoms with van der Waals surface area (Å²) in [6, 6.07) is 8.24. The second kappa shape index (κ2) is 8.47. The molecule has 0 aliphatic carbocycles. The van der Waals surface area contributed by atoms with Gasteiger partial charge in [0.2, 0.25) is 0 Å². The third kappa shape index (κ3) is 4.56. The second-order valence-corrected chi connectivity index (χ2v) is 7.17. The van der Waals surface area contributed by atoms with Crippen LogP contribution in [0.3, 0.4) is 0 Å². The lowest BCUT2D eigenvalue weighted by Gasteiger charge is -2.04. The van der Waals surface area contributed by atoms with Crippen molar-refractivity contribution in [2.24, 2.45) is 0 Å². The quantitative estimate of drug-likeness (QED) is 0.305. The van der Waals surface area contributed by atoms with Crippen molar-refractivity contribution in [2.45, 2.75) is 27.7 Å². The molecule has 0 saturated carbocycles. The first-order valence-corrected chi connectivity index (χ1v) is 9.22. The Morgan fingerprint density at radius 3 is 1.50 bits per heavy atom. The summed E-state index contributed by atoms with van der Waals surface area (Å²) in [6.07, 6.45) is 0. The summed E-state index contributed by atoms with van der Waals surface area (Å²) in [5.74, 6) is 6.41. The van der Waals surface area contributed by atoms with Gasteiger partial charge < -0.3 is 0 Å². The molecular weight excluding hydrogens is 388 g/mol. The molecule has 0 fully saturated rings. The van der Waals surface area contributed by atoms with Gasteiger partial charge in [-0.3, -0.25) is 0 Å². The molecule has 30 heavy (non-hydrogen) atoms. The minimum absolute atomic E-state index is 0.140. The van der Waals surface area contributed by atoms with Crippen molar-refractivity contribution in [2.75, 3.05) is 0 Å². The zero-order valence-corrected chi connectivity index (χ0v) is 17.0. The highest BCUT2D eigenvalue weighted by atomic mass is 19.1. The number of hydrogen-bond acceptors (Lipinski definition) is 0. The summed E-state index contributed by atoms with van der Waals surface area (Å²) >= 11 is 0. The number of benzene rings is 3. The Bertz CT molecular complexity index is 1230. The molecule has 0 atom stereocenters. The lowest BCUT2D eigenvalue weighted by Crippen LogP contribution is -1.95. The van der Waals surface area contributed by atoms with Gasteiger partial charge in [0.05, 0.1) is 11.1 Å². The summed E-state index contributed by atoms with van der Waals surface area (Å²) in [5, 5.41) is 0. The van der Waals surface area contributed by atoms with E-state index in [1.54, 1.807) is 0 Å². The number of hydrogen-bond donors (Lipinski definition) is 0. The minimum atomic E-state index is -0.948. The van der Waals surface area contributed by atoms with Crippen molar-refractivity contribution in [1.29, 1.82) is 0 Å². The van der Waals surface area contributed by atoms with Crippen molar-refractivity contribution < 1.29 is 17.6 Å². The molecule has 3 aromatic rings. The maximum Gasteiger partial charge on any atom is 0.143 e. The van der Waals surface area contributed by atoms with E-state index in [1.807, 2.05) is 32.9 Å². The molecule has 0 aliphatic heterocycles. The van der Waals surface area contributed by atoms with E-state index in [0.717, 1.165) is 46.5 Å². The van der Waals surface area contributed by atoms with Crippen LogP contribution >= 0.6 is 0 Å². The lowest BCUT2D eigenvalue weighted by molar-refractivity contribution is 0.573. The normalized spacial score (nSPS) is 10.1. The van der Waals surface area contributed by atoms with Crippen molar-refractivity contribution in [1.82, 2.24) is 0 Å². The Balaban J connectivity index is 1.97. The fraction of sp³-hybridized carbons (Fsp3) is 0.154. The van der Waals surface area contributed by atoms with Crippen LogP contribution in [0.2, 0.25) is 0 Å². The van der Waals surface area contributed by atoms with Gasteiger partial charge in [0.15, 0.2) is 0 Å². The van der Waals surface area contributed by atoms with Gasteiger partial charge >= 0.3 is 0 Å². The summed E-state index contributed by atoms with van der Waals surface area (Å²) in [7, 11) is 0. The van der Waals surface area contributed by atoms with Crippen molar-refractivity contribution in [3.63, 3.8) is 0 Å². The van der Waals surface area contributed by atoms with E-state index in [2.05, 4.69) is 23.7 Å². The first kappa shape index (κ1) is 21.2. The average molecular weight is 406 g/mol. The Hall–Kier alpha value is -3.50. The fourth-order valence-electron chi connectivity index (χ4n) is 2.94. The van der Waals surface area contributed by atoms with Crippen LogP contribution < -0.4 is 0 Å². The van der Waals surface area contributed by atoms with Gasteiger partial charge in [-0.15, -0.1) is 0 Å². The summed E-state index contributed by atoms with van der Waals surface area (Å²) in [4.78, 5) is 0. The van der Waals surface area contributed by atoms with Gasteiger partial charge in [0.25, 0.3) is 0 Å². The van der Waals surface area contributed by atoms with Crippen LogP contribution in [-0.2, 0) is 0 Å².